The van der Waals surface area contributed by atoms with Gasteiger partial charge in [0.15, 0.2) is 11.5 Å². The van der Waals surface area contributed by atoms with Gasteiger partial charge in [-0.15, -0.1) is 0 Å². The first-order valence-electron chi connectivity index (χ1n) is 8.51. The Balaban J connectivity index is 1.81. The number of ether oxygens (including phenoxy) is 3. The summed E-state index contributed by atoms with van der Waals surface area (Å²) in [6.07, 6.45) is 5.61. The molecule has 2 aliphatic heterocycles. The fraction of sp³-hybridized carbons (Fsp3) is 0.368. The van der Waals surface area contributed by atoms with Gasteiger partial charge in [0.25, 0.3) is 5.91 Å². The summed E-state index contributed by atoms with van der Waals surface area (Å²) in [5.74, 6) is 1.22. The molecule has 1 atom stereocenters. The zero-order valence-corrected chi connectivity index (χ0v) is 18.7. The minimum atomic E-state index is -0.0681. The average molecular weight is 517 g/mol. The molecule has 2 saturated heterocycles. The van der Waals surface area contributed by atoms with E-state index in [-0.39, 0.29) is 12.0 Å². The number of hydrogen-bond acceptors (Lipinski definition) is 6. The van der Waals surface area contributed by atoms with Crippen LogP contribution in [0.4, 0.5) is 0 Å². The first kappa shape index (κ1) is 20.6. The minimum Gasteiger partial charge on any atom is -0.493 e. The number of rotatable bonds is 7. The van der Waals surface area contributed by atoms with Crippen molar-refractivity contribution in [3.8, 4) is 11.5 Å². The van der Waals surface area contributed by atoms with Crippen molar-refractivity contribution in [2.24, 2.45) is 0 Å². The van der Waals surface area contributed by atoms with Gasteiger partial charge in [-0.3, -0.25) is 9.69 Å². The topological polar surface area (TPSA) is 48.0 Å². The number of carbonyl (C=O) groups excluding carboxylic acids is 1. The molecule has 5 nitrogen and oxygen atoms in total. The predicted octanol–water partition coefficient (Wildman–Crippen LogP) is 4.24. The van der Waals surface area contributed by atoms with Crippen molar-refractivity contribution in [3.05, 3.63) is 38.8 Å². The summed E-state index contributed by atoms with van der Waals surface area (Å²) in [6, 6.07) is 3.81. The number of benzene rings is 1. The summed E-state index contributed by atoms with van der Waals surface area (Å²) < 4.78 is 18.2. The Morgan fingerprint density at radius 3 is 3.00 bits per heavy atom. The van der Waals surface area contributed by atoms with E-state index in [0.29, 0.717) is 33.9 Å². The van der Waals surface area contributed by atoms with Crippen LogP contribution in [0.1, 0.15) is 18.4 Å². The van der Waals surface area contributed by atoms with E-state index in [9.17, 15) is 4.79 Å². The highest BCUT2D eigenvalue weighted by molar-refractivity contribution is 14.1. The molecule has 27 heavy (non-hydrogen) atoms. The second-order valence-corrected chi connectivity index (χ2v) is 8.90. The lowest BCUT2D eigenvalue weighted by Crippen LogP contribution is -2.35. The van der Waals surface area contributed by atoms with E-state index in [2.05, 4.69) is 29.2 Å². The Kier molecular flexibility index (Phi) is 7.18. The zero-order valence-electron chi connectivity index (χ0n) is 14.9. The van der Waals surface area contributed by atoms with E-state index in [1.807, 2.05) is 18.2 Å². The average Bonchev–Trinajstić information content (AvgIpc) is 3.25. The summed E-state index contributed by atoms with van der Waals surface area (Å²) in [4.78, 5) is 15.0. The van der Waals surface area contributed by atoms with E-state index in [1.165, 1.54) is 11.8 Å². The van der Waals surface area contributed by atoms with Crippen molar-refractivity contribution in [2.45, 2.75) is 18.9 Å². The van der Waals surface area contributed by atoms with Crippen LogP contribution in [-0.4, -0.2) is 48.1 Å². The second-order valence-electron chi connectivity index (χ2n) is 6.06. The van der Waals surface area contributed by atoms with Gasteiger partial charge in [-0.1, -0.05) is 36.6 Å². The number of amides is 1. The number of thiocarbonyl (C=S) groups is 1. The maximum absolute atomic E-state index is 12.8. The molecular formula is C19H20INO4S2. The van der Waals surface area contributed by atoms with Crippen LogP contribution in [0.2, 0.25) is 0 Å². The Labute approximate surface area is 182 Å². The van der Waals surface area contributed by atoms with E-state index in [0.717, 1.165) is 28.6 Å². The van der Waals surface area contributed by atoms with Gasteiger partial charge in [-0.25, -0.2) is 0 Å². The molecule has 2 fully saturated rings. The molecule has 0 N–H and O–H groups in total. The van der Waals surface area contributed by atoms with Crippen molar-refractivity contribution in [2.75, 3.05) is 26.9 Å². The molecule has 0 aromatic heterocycles. The fourth-order valence-corrected chi connectivity index (χ4v) is 4.96. The van der Waals surface area contributed by atoms with Gasteiger partial charge < -0.3 is 14.2 Å². The van der Waals surface area contributed by atoms with Crippen LogP contribution in [0.5, 0.6) is 11.5 Å². The number of thioether (sulfide) groups is 1. The molecule has 0 saturated carbocycles. The number of methoxy groups -OCH3 is 1. The highest BCUT2D eigenvalue weighted by atomic mass is 127. The van der Waals surface area contributed by atoms with E-state index in [1.54, 1.807) is 18.1 Å². The maximum atomic E-state index is 12.8. The van der Waals surface area contributed by atoms with Gasteiger partial charge in [0, 0.05) is 6.61 Å². The van der Waals surface area contributed by atoms with Gasteiger partial charge in [-0.2, -0.15) is 0 Å². The molecule has 1 amide bonds. The van der Waals surface area contributed by atoms with E-state index in [4.69, 9.17) is 26.4 Å². The van der Waals surface area contributed by atoms with Crippen LogP contribution in [0.25, 0.3) is 6.08 Å². The standard InChI is InChI=1S/C19H20INO4S2/c1-3-6-25-17-14(20)8-12(9-15(17)23-2)10-16-18(22)21(19(26)27-16)11-13-5-4-7-24-13/h3,8-10,13H,1,4-7,11H2,2H3/b16-10-/t13-/m0/s1. The largest absolute Gasteiger partial charge is 0.493 e. The van der Waals surface area contributed by atoms with Crippen molar-refractivity contribution in [1.29, 1.82) is 0 Å². The highest BCUT2D eigenvalue weighted by Crippen LogP contribution is 2.37. The van der Waals surface area contributed by atoms with Crippen LogP contribution in [0.3, 0.4) is 0 Å². The molecule has 0 unspecified atom stereocenters. The van der Waals surface area contributed by atoms with Crippen LogP contribution in [-0.2, 0) is 9.53 Å². The van der Waals surface area contributed by atoms with E-state index >= 15 is 0 Å². The molecule has 2 heterocycles. The number of nitrogens with zero attached hydrogens (tertiary/aromatic N) is 1. The van der Waals surface area contributed by atoms with E-state index < -0.39 is 0 Å². The van der Waals surface area contributed by atoms with Crippen LogP contribution in [0.15, 0.2) is 29.7 Å². The normalized spacial score (nSPS) is 21.2. The molecule has 2 aliphatic rings. The zero-order chi connectivity index (χ0) is 19.4. The molecule has 3 rings (SSSR count). The van der Waals surface area contributed by atoms with Crippen LogP contribution >= 0.6 is 46.6 Å². The molecule has 8 heteroatoms. The molecule has 0 spiro atoms. The summed E-state index contributed by atoms with van der Waals surface area (Å²) in [5.41, 5.74) is 0.861. The minimum absolute atomic E-state index is 0.0681. The third-order valence-electron chi connectivity index (χ3n) is 4.18. The van der Waals surface area contributed by atoms with Gasteiger partial charge in [0.05, 0.1) is 28.2 Å². The molecule has 1 aromatic carbocycles. The molecule has 1 aromatic rings. The molecular weight excluding hydrogens is 497 g/mol. The summed E-state index contributed by atoms with van der Waals surface area (Å²) >= 11 is 8.92. The van der Waals surface area contributed by atoms with Gasteiger partial charge >= 0.3 is 0 Å². The predicted molar refractivity (Wildman–Crippen MR) is 120 cm³/mol. The quantitative estimate of drug-likeness (QED) is 0.234. The third-order valence-corrected chi connectivity index (χ3v) is 6.36. The Morgan fingerprint density at radius 2 is 2.33 bits per heavy atom. The first-order valence-corrected chi connectivity index (χ1v) is 10.8. The Bertz CT molecular complexity index is 790. The second kappa shape index (κ2) is 9.40. The number of hydrogen-bond donors (Lipinski definition) is 0. The monoisotopic (exact) mass is 517 g/mol. The van der Waals surface area contributed by atoms with Gasteiger partial charge in [0.2, 0.25) is 0 Å². The lowest BCUT2D eigenvalue weighted by molar-refractivity contribution is -0.123. The fourth-order valence-electron chi connectivity index (χ4n) is 2.91. The lowest BCUT2D eigenvalue weighted by atomic mass is 10.1. The SMILES string of the molecule is C=CCOc1c(I)cc(/C=C2\SC(=S)N(C[C@@H]3CCCO3)C2=O)cc1OC. The maximum Gasteiger partial charge on any atom is 0.266 e. The van der Waals surface area contributed by atoms with Crippen molar-refractivity contribution in [3.63, 3.8) is 0 Å². The van der Waals surface area contributed by atoms with Crippen molar-refractivity contribution < 1.29 is 19.0 Å². The summed E-state index contributed by atoms with van der Waals surface area (Å²) in [5, 5.41) is 0. The third kappa shape index (κ3) is 4.85. The Hall–Kier alpha value is -1.10. The summed E-state index contributed by atoms with van der Waals surface area (Å²) in [6.45, 7) is 5.34. The van der Waals surface area contributed by atoms with Crippen LogP contribution in [0, 0.1) is 3.57 Å². The first-order chi connectivity index (χ1) is 13.0. The van der Waals surface area contributed by atoms with Crippen LogP contribution < -0.4 is 9.47 Å². The van der Waals surface area contributed by atoms with Crippen molar-refractivity contribution in [1.82, 2.24) is 4.90 Å². The molecule has 144 valence electrons. The molecule has 0 aliphatic carbocycles. The molecule has 0 radical (unpaired) electrons. The lowest BCUT2D eigenvalue weighted by Gasteiger charge is -2.18. The highest BCUT2D eigenvalue weighted by Gasteiger charge is 2.34. The number of carbonyl (C=O) groups is 1. The van der Waals surface area contributed by atoms with Gasteiger partial charge in [0.1, 0.15) is 10.9 Å². The number of halogens is 1. The Morgan fingerprint density at radius 1 is 1.52 bits per heavy atom. The van der Waals surface area contributed by atoms with Gasteiger partial charge in [-0.05, 0) is 59.2 Å². The van der Waals surface area contributed by atoms with Crippen molar-refractivity contribution >= 4 is 62.9 Å². The molecule has 0 bridgehead atoms. The smallest absolute Gasteiger partial charge is 0.266 e. The summed E-state index contributed by atoms with van der Waals surface area (Å²) in [7, 11) is 1.59.